The van der Waals surface area contributed by atoms with Crippen molar-refractivity contribution in [3.05, 3.63) is 23.3 Å². The quantitative estimate of drug-likeness (QED) is 0.751. The Hall–Kier alpha value is -1.30. The smallest absolute Gasteiger partial charge is 0.165 e. The van der Waals surface area contributed by atoms with Crippen molar-refractivity contribution in [2.24, 2.45) is 5.92 Å². The predicted octanol–water partition coefficient (Wildman–Crippen LogP) is 1.71. The van der Waals surface area contributed by atoms with E-state index in [1.807, 2.05) is 6.07 Å². The number of benzene rings is 1. The van der Waals surface area contributed by atoms with Crippen molar-refractivity contribution in [3.63, 3.8) is 0 Å². The second kappa shape index (κ2) is 4.94. The van der Waals surface area contributed by atoms with Gasteiger partial charge in [-0.3, -0.25) is 4.90 Å². The van der Waals surface area contributed by atoms with Crippen LogP contribution in [0.25, 0.3) is 0 Å². The highest BCUT2D eigenvalue weighted by Crippen LogP contribution is 2.65. The molecule has 1 aromatic rings. The lowest BCUT2D eigenvalue weighted by Crippen LogP contribution is -2.77. The average Bonchev–Trinajstić information content (AvgIpc) is 2.93. The molecule has 0 aromatic heterocycles. The van der Waals surface area contributed by atoms with Gasteiger partial charge in [0.2, 0.25) is 0 Å². The van der Waals surface area contributed by atoms with Gasteiger partial charge in [-0.05, 0) is 62.6 Å². The van der Waals surface area contributed by atoms with E-state index in [9.17, 15) is 15.3 Å². The van der Waals surface area contributed by atoms with E-state index in [0.29, 0.717) is 18.6 Å². The zero-order valence-corrected chi connectivity index (χ0v) is 15.0. The normalized spacial score (nSPS) is 43.5. The highest BCUT2D eigenvalue weighted by molar-refractivity contribution is 5.62. The van der Waals surface area contributed by atoms with Crippen LogP contribution in [-0.4, -0.2) is 57.2 Å². The number of aliphatic hydroxyl groups excluding tert-OH is 1. The van der Waals surface area contributed by atoms with Crippen LogP contribution >= 0.6 is 0 Å². The van der Waals surface area contributed by atoms with Gasteiger partial charge >= 0.3 is 0 Å². The lowest BCUT2D eigenvalue weighted by molar-refractivity contribution is -0.209. The molecule has 0 amide bonds. The van der Waals surface area contributed by atoms with Crippen LogP contribution in [0.4, 0.5) is 0 Å². The van der Waals surface area contributed by atoms with E-state index in [1.54, 1.807) is 6.07 Å². The number of hydrogen-bond acceptors (Lipinski definition) is 5. The highest BCUT2D eigenvalue weighted by Gasteiger charge is 2.72. The number of hydrogen-bond donors (Lipinski definition) is 3. The van der Waals surface area contributed by atoms with E-state index in [0.717, 1.165) is 37.4 Å². The molecule has 3 fully saturated rings. The number of likely N-dealkylation sites (tertiary alicyclic amines) is 1. The van der Waals surface area contributed by atoms with E-state index >= 15 is 0 Å². The second-order valence-electron chi connectivity index (χ2n) is 9.25. The van der Waals surface area contributed by atoms with Gasteiger partial charge < -0.3 is 20.1 Å². The third kappa shape index (κ3) is 1.64. The van der Waals surface area contributed by atoms with Crippen LogP contribution in [0, 0.1) is 5.92 Å². The molecule has 5 atom stereocenters. The number of phenols is 1. The zero-order valence-electron chi connectivity index (χ0n) is 15.0. The number of phenolic OH excluding ortho intramolecular Hbond substituents is 1. The number of rotatable bonds is 2. The predicted molar refractivity (Wildman–Crippen MR) is 95.4 cm³/mol. The molecule has 1 saturated heterocycles. The SMILES string of the molecule is Oc1ccc2c3c1O[C@H]1[C@@H](O)CCC4(O)C(C2)N(CC2CCC2)CCC314. The van der Waals surface area contributed by atoms with Crippen molar-refractivity contribution >= 4 is 0 Å². The maximum Gasteiger partial charge on any atom is 0.165 e. The number of piperidine rings is 1. The molecule has 1 spiro atoms. The largest absolute Gasteiger partial charge is 0.504 e. The van der Waals surface area contributed by atoms with Crippen LogP contribution in [-0.2, 0) is 11.8 Å². The first kappa shape index (κ1) is 15.7. The molecule has 2 heterocycles. The Kier molecular flexibility index (Phi) is 2.99. The third-order valence-corrected chi connectivity index (χ3v) is 8.26. The van der Waals surface area contributed by atoms with Gasteiger partial charge in [-0.1, -0.05) is 12.5 Å². The van der Waals surface area contributed by atoms with Crippen molar-refractivity contribution in [2.45, 2.75) is 74.2 Å². The van der Waals surface area contributed by atoms with E-state index < -0.39 is 23.2 Å². The van der Waals surface area contributed by atoms with Gasteiger partial charge in [-0.15, -0.1) is 0 Å². The summed E-state index contributed by atoms with van der Waals surface area (Å²) in [5, 5.41) is 33.2. The van der Waals surface area contributed by atoms with Crippen LogP contribution in [0.5, 0.6) is 11.5 Å². The monoisotopic (exact) mass is 357 g/mol. The first-order valence-electron chi connectivity index (χ1n) is 10.2. The number of aromatic hydroxyl groups is 1. The summed E-state index contributed by atoms with van der Waals surface area (Å²) in [6.07, 6.45) is 5.68. The molecule has 3 N–H and O–H groups in total. The minimum atomic E-state index is -0.884. The Morgan fingerprint density at radius 3 is 2.81 bits per heavy atom. The molecule has 1 aromatic carbocycles. The fourth-order valence-electron chi connectivity index (χ4n) is 6.83. The van der Waals surface area contributed by atoms with Gasteiger partial charge in [0, 0.05) is 18.2 Å². The van der Waals surface area contributed by atoms with E-state index in [-0.39, 0.29) is 11.8 Å². The standard InChI is InChI=1S/C21H27NO4/c23-14-5-4-13-10-16-21(25)7-6-15(24)19-20(21,17(13)18(14)26-19)8-9-22(16)11-12-2-1-3-12/h4-5,12,15-16,19,23-25H,1-3,6-11H2/t15-,16?,19-,20?,21?/m0/s1. The summed E-state index contributed by atoms with van der Waals surface area (Å²) in [4.78, 5) is 2.53. The van der Waals surface area contributed by atoms with Crippen LogP contribution in [0.2, 0.25) is 0 Å². The Bertz CT molecular complexity index is 778. The fourth-order valence-corrected chi connectivity index (χ4v) is 6.83. The summed E-state index contributed by atoms with van der Waals surface area (Å²) in [5.41, 5.74) is 0.712. The number of aliphatic hydroxyl groups is 2. The molecule has 26 heavy (non-hydrogen) atoms. The molecule has 3 unspecified atom stereocenters. The molecule has 140 valence electrons. The van der Waals surface area contributed by atoms with E-state index in [1.165, 1.54) is 24.8 Å². The number of ether oxygens (including phenoxy) is 1. The Balaban J connectivity index is 1.52. The van der Waals surface area contributed by atoms with Gasteiger partial charge in [0.1, 0.15) is 6.10 Å². The van der Waals surface area contributed by atoms with Gasteiger partial charge in [-0.2, -0.15) is 0 Å². The Morgan fingerprint density at radius 1 is 1.19 bits per heavy atom. The minimum absolute atomic E-state index is 0.0819. The topological polar surface area (TPSA) is 73.2 Å². The summed E-state index contributed by atoms with van der Waals surface area (Å²) in [6.45, 7) is 2.02. The van der Waals surface area contributed by atoms with Gasteiger partial charge in [0.05, 0.1) is 17.1 Å². The first-order valence-corrected chi connectivity index (χ1v) is 10.2. The maximum atomic E-state index is 12.1. The summed E-state index contributed by atoms with van der Waals surface area (Å²) in [5.74, 6) is 1.42. The molecule has 2 saturated carbocycles. The molecule has 5 heteroatoms. The maximum absolute atomic E-state index is 12.1. The van der Waals surface area contributed by atoms with Crippen LogP contribution in [0.1, 0.15) is 49.7 Å². The lowest BCUT2D eigenvalue weighted by Gasteiger charge is -2.64. The van der Waals surface area contributed by atoms with Crippen LogP contribution < -0.4 is 4.74 Å². The van der Waals surface area contributed by atoms with Crippen LogP contribution in [0.15, 0.2) is 12.1 Å². The second-order valence-corrected chi connectivity index (χ2v) is 9.25. The average molecular weight is 357 g/mol. The molecule has 2 aliphatic heterocycles. The summed E-state index contributed by atoms with van der Waals surface area (Å²) >= 11 is 0. The fraction of sp³-hybridized carbons (Fsp3) is 0.714. The molecule has 5 nitrogen and oxygen atoms in total. The molecule has 3 aliphatic carbocycles. The van der Waals surface area contributed by atoms with Crippen molar-refractivity contribution in [2.75, 3.05) is 13.1 Å². The van der Waals surface area contributed by atoms with Crippen molar-refractivity contribution < 1.29 is 20.1 Å². The van der Waals surface area contributed by atoms with Gasteiger partial charge in [0.25, 0.3) is 0 Å². The van der Waals surface area contributed by atoms with E-state index in [2.05, 4.69) is 4.90 Å². The minimum Gasteiger partial charge on any atom is -0.504 e. The molecule has 6 rings (SSSR count). The summed E-state index contributed by atoms with van der Waals surface area (Å²) < 4.78 is 6.16. The molecule has 2 bridgehead atoms. The Labute approximate surface area is 153 Å². The van der Waals surface area contributed by atoms with Crippen molar-refractivity contribution in [1.29, 1.82) is 0 Å². The molecular formula is C21H27NO4. The highest BCUT2D eigenvalue weighted by atomic mass is 16.5. The molecular weight excluding hydrogens is 330 g/mol. The Morgan fingerprint density at radius 2 is 2.04 bits per heavy atom. The van der Waals surface area contributed by atoms with Gasteiger partial charge in [0.15, 0.2) is 11.5 Å². The summed E-state index contributed by atoms with van der Waals surface area (Å²) in [7, 11) is 0. The van der Waals surface area contributed by atoms with Crippen molar-refractivity contribution in [3.8, 4) is 11.5 Å². The van der Waals surface area contributed by atoms with Crippen molar-refractivity contribution in [1.82, 2.24) is 4.90 Å². The first-order chi connectivity index (χ1) is 12.5. The molecule has 5 aliphatic rings. The lowest BCUT2D eigenvalue weighted by atomic mass is 9.48. The molecule has 0 radical (unpaired) electrons. The number of nitrogens with zero attached hydrogens (tertiary/aromatic N) is 1. The van der Waals surface area contributed by atoms with E-state index in [4.69, 9.17) is 4.74 Å². The zero-order chi connectivity index (χ0) is 17.7. The third-order valence-electron chi connectivity index (χ3n) is 8.26. The van der Waals surface area contributed by atoms with Gasteiger partial charge in [-0.25, -0.2) is 0 Å². The summed E-state index contributed by atoms with van der Waals surface area (Å²) in [6, 6.07) is 3.80. The van der Waals surface area contributed by atoms with Crippen LogP contribution in [0.3, 0.4) is 0 Å².